The number of thioether (sulfide) groups is 1. The molecule has 1 aliphatic rings. The number of carbonyl (C=O) groups is 1. The van der Waals surface area contributed by atoms with Crippen LogP contribution < -0.4 is 5.32 Å². The van der Waals surface area contributed by atoms with E-state index in [2.05, 4.69) is 29.6 Å². The molecule has 1 atom stereocenters. The zero-order valence-corrected chi connectivity index (χ0v) is 12.7. The van der Waals surface area contributed by atoms with E-state index in [1.807, 2.05) is 30.0 Å². The van der Waals surface area contributed by atoms with E-state index in [1.54, 1.807) is 6.07 Å². The number of methoxy groups -OCH3 is 1. The number of hydrogen-bond acceptors (Lipinski definition) is 4. The first-order valence-corrected chi connectivity index (χ1v) is 7.93. The molecular formula is C17H17NO2S. The van der Waals surface area contributed by atoms with Crippen molar-refractivity contribution in [3.05, 3.63) is 59.7 Å². The number of anilines is 1. The Balaban J connectivity index is 1.83. The van der Waals surface area contributed by atoms with Crippen LogP contribution in [0.3, 0.4) is 0 Å². The molecule has 1 N–H and O–H groups in total. The highest BCUT2D eigenvalue weighted by Crippen LogP contribution is 2.37. The predicted molar refractivity (Wildman–Crippen MR) is 85.9 cm³/mol. The lowest BCUT2D eigenvalue weighted by atomic mass is 10.0. The molecule has 1 aliphatic heterocycles. The fraction of sp³-hybridized carbons (Fsp3) is 0.235. The van der Waals surface area contributed by atoms with Crippen LogP contribution in [-0.4, -0.2) is 18.8 Å². The first kappa shape index (κ1) is 14.0. The number of ether oxygens (including phenoxy) is 1. The molecule has 0 radical (unpaired) electrons. The number of esters is 1. The average Bonchev–Trinajstić information content (AvgIpc) is 2.55. The topological polar surface area (TPSA) is 38.3 Å². The minimum Gasteiger partial charge on any atom is -0.465 e. The fourth-order valence-corrected chi connectivity index (χ4v) is 3.67. The first-order valence-electron chi connectivity index (χ1n) is 6.94. The molecule has 2 aromatic rings. The second kappa shape index (κ2) is 6.22. The van der Waals surface area contributed by atoms with Crippen LogP contribution >= 0.6 is 11.8 Å². The molecule has 0 amide bonds. The van der Waals surface area contributed by atoms with Gasteiger partial charge in [0.25, 0.3) is 0 Å². The summed E-state index contributed by atoms with van der Waals surface area (Å²) < 4.78 is 4.77. The Kier molecular flexibility index (Phi) is 4.15. The highest BCUT2D eigenvalue weighted by atomic mass is 32.2. The Morgan fingerprint density at radius 2 is 2.10 bits per heavy atom. The first-order chi connectivity index (χ1) is 10.3. The number of carbonyl (C=O) groups excluding carboxylic acids is 1. The summed E-state index contributed by atoms with van der Waals surface area (Å²) >= 11 is 1.90. The summed E-state index contributed by atoms with van der Waals surface area (Å²) in [4.78, 5) is 12.9. The van der Waals surface area contributed by atoms with Crippen LogP contribution in [0, 0.1) is 0 Å². The zero-order chi connectivity index (χ0) is 14.7. The lowest BCUT2D eigenvalue weighted by Gasteiger charge is -2.26. The van der Waals surface area contributed by atoms with Crippen molar-refractivity contribution in [1.29, 1.82) is 0 Å². The van der Waals surface area contributed by atoms with E-state index in [9.17, 15) is 4.79 Å². The van der Waals surface area contributed by atoms with Gasteiger partial charge in [0.05, 0.1) is 18.7 Å². The van der Waals surface area contributed by atoms with E-state index >= 15 is 0 Å². The Morgan fingerprint density at radius 1 is 1.24 bits per heavy atom. The van der Waals surface area contributed by atoms with E-state index in [1.165, 1.54) is 17.6 Å². The Morgan fingerprint density at radius 3 is 2.95 bits per heavy atom. The molecule has 2 aromatic carbocycles. The van der Waals surface area contributed by atoms with Gasteiger partial charge in [-0.1, -0.05) is 24.3 Å². The monoisotopic (exact) mass is 299 g/mol. The molecule has 3 rings (SSSR count). The molecule has 0 bridgehead atoms. The standard InChI is InChI=1S/C17H17NO2S/c1-20-17(19)12-5-4-6-13(11-12)18-15-9-10-21-16-8-3-2-7-14(15)16/h2-8,11,15,18H,9-10H2,1H3. The second-order valence-corrected chi connectivity index (χ2v) is 6.08. The third-order valence-corrected chi connectivity index (χ3v) is 4.71. The molecule has 0 aromatic heterocycles. The molecular weight excluding hydrogens is 282 g/mol. The second-order valence-electron chi connectivity index (χ2n) is 4.94. The van der Waals surface area contributed by atoms with Gasteiger partial charge in [-0.05, 0) is 36.2 Å². The highest BCUT2D eigenvalue weighted by Gasteiger charge is 2.20. The summed E-state index contributed by atoms with van der Waals surface area (Å²) in [6, 6.07) is 16.2. The molecule has 1 heterocycles. The number of rotatable bonds is 3. The summed E-state index contributed by atoms with van der Waals surface area (Å²) in [5, 5.41) is 3.54. The molecule has 1 unspecified atom stereocenters. The molecule has 21 heavy (non-hydrogen) atoms. The van der Waals surface area contributed by atoms with Gasteiger partial charge < -0.3 is 10.1 Å². The number of hydrogen-bond donors (Lipinski definition) is 1. The van der Waals surface area contributed by atoms with Crippen molar-refractivity contribution in [3.63, 3.8) is 0 Å². The van der Waals surface area contributed by atoms with E-state index in [4.69, 9.17) is 4.74 Å². The Hall–Kier alpha value is -1.94. The number of nitrogens with one attached hydrogen (secondary N) is 1. The molecule has 3 nitrogen and oxygen atoms in total. The van der Waals surface area contributed by atoms with E-state index in [0.29, 0.717) is 5.56 Å². The van der Waals surface area contributed by atoms with Gasteiger partial charge in [0.15, 0.2) is 0 Å². The minimum absolute atomic E-state index is 0.287. The molecule has 0 saturated carbocycles. The van der Waals surface area contributed by atoms with Crippen molar-refractivity contribution in [3.8, 4) is 0 Å². The zero-order valence-electron chi connectivity index (χ0n) is 11.8. The molecule has 0 spiro atoms. The number of benzene rings is 2. The van der Waals surface area contributed by atoms with E-state index in [0.717, 1.165) is 17.9 Å². The molecule has 0 aliphatic carbocycles. The van der Waals surface area contributed by atoms with Crippen LogP contribution in [0.4, 0.5) is 5.69 Å². The predicted octanol–water partition coefficient (Wildman–Crippen LogP) is 4.12. The maximum atomic E-state index is 11.6. The lowest BCUT2D eigenvalue weighted by molar-refractivity contribution is 0.0601. The van der Waals surface area contributed by atoms with Gasteiger partial charge in [0, 0.05) is 16.3 Å². The average molecular weight is 299 g/mol. The van der Waals surface area contributed by atoms with Crippen LogP contribution in [-0.2, 0) is 4.74 Å². The molecule has 108 valence electrons. The van der Waals surface area contributed by atoms with E-state index in [-0.39, 0.29) is 12.0 Å². The van der Waals surface area contributed by atoms with Gasteiger partial charge in [-0.3, -0.25) is 0 Å². The molecule has 0 saturated heterocycles. The maximum Gasteiger partial charge on any atom is 0.337 e. The quantitative estimate of drug-likeness (QED) is 0.865. The van der Waals surface area contributed by atoms with Gasteiger partial charge >= 0.3 is 5.97 Å². The van der Waals surface area contributed by atoms with Gasteiger partial charge in [-0.2, -0.15) is 0 Å². The SMILES string of the molecule is COC(=O)c1cccc(NC2CCSc3ccccc32)c1. The molecule has 4 heteroatoms. The van der Waals surface area contributed by atoms with Gasteiger partial charge in [-0.15, -0.1) is 11.8 Å². The fourth-order valence-electron chi connectivity index (χ4n) is 2.55. The summed E-state index contributed by atoms with van der Waals surface area (Å²) in [5.41, 5.74) is 2.85. The van der Waals surface area contributed by atoms with Crippen molar-refractivity contribution in [2.45, 2.75) is 17.4 Å². The van der Waals surface area contributed by atoms with Gasteiger partial charge in [0.1, 0.15) is 0 Å². The van der Waals surface area contributed by atoms with Crippen LogP contribution in [0.15, 0.2) is 53.4 Å². The van der Waals surface area contributed by atoms with E-state index < -0.39 is 0 Å². The maximum absolute atomic E-state index is 11.6. The normalized spacial score (nSPS) is 16.9. The minimum atomic E-state index is -0.307. The van der Waals surface area contributed by atoms with Crippen LogP contribution in [0.25, 0.3) is 0 Å². The van der Waals surface area contributed by atoms with Crippen LogP contribution in [0.5, 0.6) is 0 Å². The van der Waals surface area contributed by atoms with Crippen LogP contribution in [0.1, 0.15) is 28.4 Å². The number of fused-ring (bicyclic) bond motifs is 1. The third-order valence-electron chi connectivity index (χ3n) is 3.58. The van der Waals surface area contributed by atoms with Crippen LogP contribution in [0.2, 0.25) is 0 Å². The van der Waals surface area contributed by atoms with Crippen molar-refractivity contribution in [2.75, 3.05) is 18.2 Å². The van der Waals surface area contributed by atoms with Gasteiger partial charge in [0.2, 0.25) is 0 Å². The molecule has 0 fully saturated rings. The summed E-state index contributed by atoms with van der Waals surface area (Å²) in [6.45, 7) is 0. The summed E-state index contributed by atoms with van der Waals surface area (Å²) in [5.74, 6) is 0.795. The Bertz CT molecular complexity index is 657. The Labute approximate surface area is 128 Å². The summed E-state index contributed by atoms with van der Waals surface area (Å²) in [7, 11) is 1.40. The lowest BCUT2D eigenvalue weighted by Crippen LogP contribution is -2.16. The summed E-state index contributed by atoms with van der Waals surface area (Å²) in [6.07, 6.45) is 1.07. The largest absolute Gasteiger partial charge is 0.465 e. The van der Waals surface area contributed by atoms with Gasteiger partial charge in [-0.25, -0.2) is 4.79 Å². The van der Waals surface area contributed by atoms with Crippen molar-refractivity contribution in [1.82, 2.24) is 0 Å². The smallest absolute Gasteiger partial charge is 0.337 e. The van der Waals surface area contributed by atoms with Crippen molar-refractivity contribution in [2.24, 2.45) is 0 Å². The van der Waals surface area contributed by atoms with Crippen molar-refractivity contribution < 1.29 is 9.53 Å². The van der Waals surface area contributed by atoms with Crippen molar-refractivity contribution >= 4 is 23.4 Å². The third kappa shape index (κ3) is 3.05. The highest BCUT2D eigenvalue weighted by molar-refractivity contribution is 7.99.